The summed E-state index contributed by atoms with van der Waals surface area (Å²) in [5.41, 5.74) is 0. The van der Waals surface area contributed by atoms with Crippen molar-refractivity contribution < 1.29 is 0 Å². The van der Waals surface area contributed by atoms with E-state index in [-0.39, 0.29) is 0 Å². The molecule has 4 heteroatoms. The maximum Gasteiger partial charge on any atom is 0.125 e. The van der Waals surface area contributed by atoms with Crippen LogP contribution in [0.15, 0.2) is 12.4 Å². The van der Waals surface area contributed by atoms with Gasteiger partial charge >= 0.3 is 0 Å². The second kappa shape index (κ2) is 6.90. The first-order valence-electron chi connectivity index (χ1n) is 5.50. The van der Waals surface area contributed by atoms with Gasteiger partial charge < -0.3 is 9.88 Å². The molecule has 0 amide bonds. The number of aromatic nitrogens is 2. The molecule has 3 nitrogen and oxygen atoms in total. The lowest BCUT2D eigenvalue weighted by Crippen LogP contribution is -2.21. The number of hydrogen-bond donors (Lipinski definition) is 1. The summed E-state index contributed by atoms with van der Waals surface area (Å²) >= 11 is 1.88. The number of nitrogens with one attached hydrogen (secondary N) is 1. The van der Waals surface area contributed by atoms with Crippen LogP contribution in [0.25, 0.3) is 0 Å². The van der Waals surface area contributed by atoms with E-state index in [0.717, 1.165) is 19.4 Å². The van der Waals surface area contributed by atoms with E-state index in [4.69, 9.17) is 0 Å². The van der Waals surface area contributed by atoms with Crippen molar-refractivity contribution in [1.82, 2.24) is 14.9 Å². The van der Waals surface area contributed by atoms with Gasteiger partial charge in [0.05, 0.1) is 6.04 Å². The average Bonchev–Trinajstić information content (AvgIpc) is 2.68. The van der Waals surface area contributed by atoms with Gasteiger partial charge in [-0.15, -0.1) is 0 Å². The molecule has 0 aliphatic rings. The van der Waals surface area contributed by atoms with E-state index in [1.54, 1.807) is 0 Å². The van der Waals surface area contributed by atoms with Gasteiger partial charge in [-0.25, -0.2) is 4.98 Å². The zero-order valence-corrected chi connectivity index (χ0v) is 10.7. The summed E-state index contributed by atoms with van der Waals surface area (Å²) in [5, 5.41) is 3.34. The molecule has 0 aromatic carbocycles. The predicted molar refractivity (Wildman–Crippen MR) is 67.3 cm³/mol. The third-order valence-corrected chi connectivity index (χ3v) is 3.13. The molecule has 0 aliphatic heterocycles. The fourth-order valence-corrected chi connectivity index (χ4v) is 2.17. The van der Waals surface area contributed by atoms with Gasteiger partial charge in [-0.1, -0.05) is 6.92 Å². The largest absolute Gasteiger partial charge is 0.334 e. The summed E-state index contributed by atoms with van der Waals surface area (Å²) in [5.74, 6) is 2.35. The van der Waals surface area contributed by atoms with Gasteiger partial charge in [0.1, 0.15) is 5.82 Å². The SMILES string of the molecule is CCCn1ccnc1C(CCSC)NC. The quantitative estimate of drug-likeness (QED) is 0.775. The Hall–Kier alpha value is -0.480. The smallest absolute Gasteiger partial charge is 0.125 e. The predicted octanol–water partition coefficient (Wildman–Crippen LogP) is 2.31. The molecule has 86 valence electrons. The summed E-state index contributed by atoms with van der Waals surface area (Å²) in [6.07, 6.45) is 8.41. The fourth-order valence-electron chi connectivity index (χ4n) is 1.70. The molecule has 1 unspecified atom stereocenters. The van der Waals surface area contributed by atoms with Gasteiger partial charge in [-0.2, -0.15) is 11.8 Å². The molecule has 0 spiro atoms. The third-order valence-electron chi connectivity index (χ3n) is 2.48. The summed E-state index contributed by atoms with van der Waals surface area (Å²) in [7, 11) is 2.01. The van der Waals surface area contributed by atoms with Crippen molar-refractivity contribution in [3.63, 3.8) is 0 Å². The van der Waals surface area contributed by atoms with E-state index in [9.17, 15) is 0 Å². The van der Waals surface area contributed by atoms with E-state index < -0.39 is 0 Å². The van der Waals surface area contributed by atoms with Gasteiger partial charge in [0.2, 0.25) is 0 Å². The van der Waals surface area contributed by atoms with Gasteiger partial charge in [-0.05, 0) is 31.9 Å². The first kappa shape index (κ1) is 12.6. The zero-order chi connectivity index (χ0) is 11.1. The van der Waals surface area contributed by atoms with Crippen LogP contribution in [0.3, 0.4) is 0 Å². The van der Waals surface area contributed by atoms with Gasteiger partial charge in [-0.3, -0.25) is 0 Å². The van der Waals surface area contributed by atoms with Crippen LogP contribution in [0.1, 0.15) is 31.6 Å². The maximum atomic E-state index is 4.45. The van der Waals surface area contributed by atoms with Crippen molar-refractivity contribution in [2.24, 2.45) is 0 Å². The summed E-state index contributed by atoms with van der Waals surface area (Å²) < 4.78 is 2.25. The standard InChI is InChI=1S/C11H21N3S/c1-4-7-14-8-6-13-11(14)10(12-2)5-9-15-3/h6,8,10,12H,4-5,7,9H2,1-3H3. The number of imidazole rings is 1. The summed E-state index contributed by atoms with van der Waals surface area (Å²) in [6, 6.07) is 0.388. The topological polar surface area (TPSA) is 29.9 Å². The molecule has 0 fully saturated rings. The van der Waals surface area contributed by atoms with Crippen molar-refractivity contribution in [2.75, 3.05) is 19.1 Å². The normalized spacial score (nSPS) is 13.0. The number of thioether (sulfide) groups is 1. The number of rotatable bonds is 7. The number of aryl methyl sites for hydroxylation is 1. The molecule has 1 heterocycles. The third kappa shape index (κ3) is 3.54. The highest BCUT2D eigenvalue weighted by Gasteiger charge is 2.13. The van der Waals surface area contributed by atoms with Crippen LogP contribution in [-0.2, 0) is 6.54 Å². The Morgan fingerprint density at radius 1 is 1.60 bits per heavy atom. The Labute approximate surface area is 96.7 Å². The lowest BCUT2D eigenvalue weighted by Gasteiger charge is -2.16. The van der Waals surface area contributed by atoms with E-state index in [1.807, 2.05) is 25.0 Å². The van der Waals surface area contributed by atoms with E-state index >= 15 is 0 Å². The molecule has 0 radical (unpaired) electrons. The van der Waals surface area contributed by atoms with Crippen LogP contribution in [0, 0.1) is 0 Å². The lowest BCUT2D eigenvalue weighted by atomic mass is 10.2. The molecule has 1 N–H and O–H groups in total. The molecule has 1 aromatic rings. The first-order chi connectivity index (χ1) is 7.33. The van der Waals surface area contributed by atoms with E-state index in [2.05, 4.69) is 34.2 Å². The highest BCUT2D eigenvalue weighted by atomic mass is 32.2. The van der Waals surface area contributed by atoms with Crippen molar-refractivity contribution in [1.29, 1.82) is 0 Å². The summed E-state index contributed by atoms with van der Waals surface area (Å²) in [6.45, 7) is 3.26. The monoisotopic (exact) mass is 227 g/mol. The van der Waals surface area contributed by atoms with Gasteiger partial charge in [0, 0.05) is 18.9 Å². The molecule has 15 heavy (non-hydrogen) atoms. The minimum atomic E-state index is 0.388. The minimum Gasteiger partial charge on any atom is -0.334 e. The van der Waals surface area contributed by atoms with Gasteiger partial charge in [0.25, 0.3) is 0 Å². The van der Waals surface area contributed by atoms with Crippen molar-refractivity contribution in [2.45, 2.75) is 32.4 Å². The molecule has 0 bridgehead atoms. The molecule has 0 saturated heterocycles. The van der Waals surface area contributed by atoms with Gasteiger partial charge in [0.15, 0.2) is 0 Å². The maximum absolute atomic E-state index is 4.45. The second-order valence-electron chi connectivity index (χ2n) is 3.60. The zero-order valence-electron chi connectivity index (χ0n) is 9.86. The highest BCUT2D eigenvalue weighted by molar-refractivity contribution is 7.98. The molecular formula is C11H21N3S. The van der Waals surface area contributed by atoms with Crippen molar-refractivity contribution >= 4 is 11.8 Å². The van der Waals surface area contributed by atoms with Crippen LogP contribution in [0.5, 0.6) is 0 Å². The van der Waals surface area contributed by atoms with Crippen LogP contribution < -0.4 is 5.32 Å². The van der Waals surface area contributed by atoms with Crippen LogP contribution in [-0.4, -0.2) is 28.6 Å². The molecular weight excluding hydrogens is 206 g/mol. The fraction of sp³-hybridized carbons (Fsp3) is 0.727. The second-order valence-corrected chi connectivity index (χ2v) is 4.59. The number of hydrogen-bond acceptors (Lipinski definition) is 3. The average molecular weight is 227 g/mol. The Morgan fingerprint density at radius 2 is 2.40 bits per heavy atom. The number of nitrogens with zero attached hydrogens (tertiary/aromatic N) is 2. The van der Waals surface area contributed by atoms with Crippen molar-refractivity contribution in [3.05, 3.63) is 18.2 Å². The molecule has 1 rings (SSSR count). The van der Waals surface area contributed by atoms with Crippen LogP contribution >= 0.6 is 11.8 Å². The van der Waals surface area contributed by atoms with Crippen molar-refractivity contribution in [3.8, 4) is 0 Å². The Morgan fingerprint density at radius 3 is 3.00 bits per heavy atom. The van der Waals surface area contributed by atoms with Crippen LogP contribution in [0.4, 0.5) is 0 Å². The molecule has 1 atom stereocenters. The Kier molecular flexibility index (Phi) is 5.79. The molecule has 0 saturated carbocycles. The lowest BCUT2D eigenvalue weighted by molar-refractivity contribution is 0.506. The molecule has 0 aliphatic carbocycles. The highest BCUT2D eigenvalue weighted by Crippen LogP contribution is 2.16. The Bertz CT molecular complexity index is 273. The van der Waals surface area contributed by atoms with E-state index in [0.29, 0.717) is 6.04 Å². The summed E-state index contributed by atoms with van der Waals surface area (Å²) in [4.78, 5) is 4.45. The van der Waals surface area contributed by atoms with Crippen LogP contribution in [0.2, 0.25) is 0 Å². The first-order valence-corrected chi connectivity index (χ1v) is 6.90. The molecule has 1 aromatic heterocycles. The minimum absolute atomic E-state index is 0.388. The Balaban J connectivity index is 2.67. The van der Waals surface area contributed by atoms with E-state index in [1.165, 1.54) is 11.6 Å².